The Balaban J connectivity index is 1.70. The molecule has 1 aliphatic carbocycles. The lowest BCUT2D eigenvalue weighted by Gasteiger charge is -2.23. The highest BCUT2D eigenvalue weighted by Gasteiger charge is 2.29. The van der Waals surface area contributed by atoms with Crippen molar-refractivity contribution in [3.8, 4) is 0 Å². The summed E-state index contributed by atoms with van der Waals surface area (Å²) in [6, 6.07) is 4.96. The quantitative estimate of drug-likeness (QED) is 0.695. The summed E-state index contributed by atoms with van der Waals surface area (Å²) in [5.41, 5.74) is 0.347. The number of sulfonamides is 1. The molecule has 1 heterocycles. The maximum absolute atomic E-state index is 12.6. The van der Waals surface area contributed by atoms with Crippen LogP contribution >= 0.6 is 15.9 Å². The smallest absolute Gasteiger partial charge is 0.252 e. The molecule has 1 aliphatic heterocycles. The highest BCUT2D eigenvalue weighted by atomic mass is 79.9. The summed E-state index contributed by atoms with van der Waals surface area (Å²) < 4.78 is 27.9. The minimum Gasteiger partial charge on any atom is -0.350 e. The van der Waals surface area contributed by atoms with Crippen molar-refractivity contribution >= 4 is 31.9 Å². The fourth-order valence-electron chi connectivity index (χ4n) is 3.18. The number of carbonyl (C=O) groups excluding carboxylic acids is 1. The lowest BCUT2D eigenvalue weighted by molar-refractivity contribution is 0.0940. The lowest BCUT2D eigenvalue weighted by atomic mass is 10.2. The molecule has 0 radical (unpaired) electrons. The Morgan fingerprint density at radius 3 is 2.76 bits per heavy atom. The molecule has 1 amide bonds. The molecule has 8 heteroatoms. The normalized spacial score (nSPS) is 21.4. The number of amides is 1. The third-order valence-corrected chi connectivity index (χ3v) is 7.01. The fraction of sp³-hybridized carbons (Fsp3) is 0.588. The van der Waals surface area contributed by atoms with Crippen LogP contribution in [-0.4, -0.2) is 50.9 Å². The summed E-state index contributed by atoms with van der Waals surface area (Å²) in [4.78, 5) is 15.0. The summed E-state index contributed by atoms with van der Waals surface area (Å²) in [6.45, 7) is 4.75. The van der Waals surface area contributed by atoms with Crippen LogP contribution in [-0.2, 0) is 10.0 Å². The van der Waals surface area contributed by atoms with Crippen molar-refractivity contribution in [2.45, 2.75) is 49.6 Å². The molecule has 2 fully saturated rings. The van der Waals surface area contributed by atoms with Crippen molar-refractivity contribution in [2.75, 3.05) is 19.6 Å². The van der Waals surface area contributed by atoms with Gasteiger partial charge in [0.2, 0.25) is 10.0 Å². The van der Waals surface area contributed by atoms with Gasteiger partial charge in [-0.3, -0.25) is 9.69 Å². The maximum Gasteiger partial charge on any atom is 0.252 e. The van der Waals surface area contributed by atoms with E-state index in [1.807, 2.05) is 0 Å². The van der Waals surface area contributed by atoms with Crippen LogP contribution in [0.2, 0.25) is 0 Å². The molecule has 0 spiro atoms. The molecule has 1 atom stereocenters. The van der Waals surface area contributed by atoms with Gasteiger partial charge < -0.3 is 5.32 Å². The van der Waals surface area contributed by atoms with Crippen molar-refractivity contribution in [1.29, 1.82) is 0 Å². The van der Waals surface area contributed by atoms with Crippen LogP contribution in [0.3, 0.4) is 0 Å². The van der Waals surface area contributed by atoms with E-state index in [1.165, 1.54) is 12.1 Å². The topological polar surface area (TPSA) is 78.5 Å². The molecular formula is C17H24BrN3O3S. The number of halogens is 1. The van der Waals surface area contributed by atoms with E-state index in [2.05, 4.69) is 37.8 Å². The molecule has 1 unspecified atom stereocenters. The van der Waals surface area contributed by atoms with Gasteiger partial charge in [-0.05, 0) is 72.9 Å². The summed E-state index contributed by atoms with van der Waals surface area (Å²) >= 11 is 3.35. The van der Waals surface area contributed by atoms with Gasteiger partial charge in [0.15, 0.2) is 0 Å². The first-order valence-electron chi connectivity index (χ1n) is 8.75. The van der Waals surface area contributed by atoms with E-state index in [9.17, 15) is 13.2 Å². The van der Waals surface area contributed by atoms with E-state index in [4.69, 9.17) is 0 Å². The van der Waals surface area contributed by atoms with Gasteiger partial charge in [-0.1, -0.05) is 6.92 Å². The second-order valence-corrected chi connectivity index (χ2v) is 9.24. The first-order valence-corrected chi connectivity index (χ1v) is 11.0. The molecule has 0 bridgehead atoms. The maximum atomic E-state index is 12.6. The minimum atomic E-state index is -3.57. The van der Waals surface area contributed by atoms with E-state index in [0.717, 1.165) is 38.8 Å². The second kappa shape index (κ2) is 7.73. The summed E-state index contributed by atoms with van der Waals surface area (Å²) in [5, 5.41) is 2.95. The number of likely N-dealkylation sites (N-methyl/N-ethyl adjacent to an activating group) is 1. The zero-order chi connectivity index (χ0) is 18.0. The Bertz CT molecular complexity index is 750. The number of benzene rings is 1. The molecule has 1 aromatic carbocycles. The highest BCUT2D eigenvalue weighted by Crippen LogP contribution is 2.25. The zero-order valence-electron chi connectivity index (χ0n) is 14.3. The van der Waals surface area contributed by atoms with Crippen molar-refractivity contribution in [1.82, 2.24) is 14.9 Å². The van der Waals surface area contributed by atoms with E-state index in [-0.39, 0.29) is 16.8 Å². The Hall–Kier alpha value is -0.960. The second-order valence-electron chi connectivity index (χ2n) is 6.67. The first-order chi connectivity index (χ1) is 11.9. The molecule has 0 aromatic heterocycles. The number of rotatable bonds is 7. The van der Waals surface area contributed by atoms with Crippen LogP contribution in [0.25, 0.3) is 0 Å². The predicted octanol–water partition coefficient (Wildman–Crippen LogP) is 2.10. The standard InChI is InChI=1S/C17H24BrN3O3S/c1-2-21-9-3-4-13(21)11-19-17(22)15-10-14(7-8-16(15)18)25(23,24)20-12-5-6-12/h7-8,10,12-13,20H,2-6,9,11H2,1H3,(H,19,22). The van der Waals surface area contributed by atoms with Crippen LogP contribution in [0.4, 0.5) is 0 Å². The van der Waals surface area contributed by atoms with E-state index in [0.29, 0.717) is 22.6 Å². The molecule has 138 valence electrons. The van der Waals surface area contributed by atoms with E-state index >= 15 is 0 Å². The Morgan fingerprint density at radius 1 is 1.32 bits per heavy atom. The first kappa shape index (κ1) is 18.8. The fourth-order valence-corrected chi connectivity index (χ4v) is 4.94. The van der Waals surface area contributed by atoms with Crippen molar-refractivity contribution in [3.63, 3.8) is 0 Å². The van der Waals surface area contributed by atoms with Crippen LogP contribution in [0.15, 0.2) is 27.6 Å². The SMILES string of the molecule is CCN1CCCC1CNC(=O)c1cc(S(=O)(=O)NC2CC2)ccc1Br. The van der Waals surface area contributed by atoms with Gasteiger partial charge >= 0.3 is 0 Å². The third-order valence-electron chi connectivity index (χ3n) is 4.80. The minimum absolute atomic E-state index is 0.0355. The molecule has 1 saturated carbocycles. The van der Waals surface area contributed by atoms with Gasteiger partial charge in [-0.15, -0.1) is 0 Å². The zero-order valence-corrected chi connectivity index (χ0v) is 16.7. The molecular weight excluding hydrogens is 406 g/mol. The molecule has 1 saturated heterocycles. The largest absolute Gasteiger partial charge is 0.350 e. The molecule has 6 nitrogen and oxygen atoms in total. The number of hydrogen-bond donors (Lipinski definition) is 2. The molecule has 1 aromatic rings. The average molecular weight is 430 g/mol. The molecule has 25 heavy (non-hydrogen) atoms. The van der Waals surface area contributed by atoms with Crippen molar-refractivity contribution < 1.29 is 13.2 Å². The van der Waals surface area contributed by atoms with Crippen LogP contribution in [0.5, 0.6) is 0 Å². The Labute approximate surface area is 157 Å². The van der Waals surface area contributed by atoms with Crippen molar-refractivity contribution in [2.24, 2.45) is 0 Å². The van der Waals surface area contributed by atoms with Crippen LogP contribution in [0.1, 0.15) is 43.0 Å². The number of carbonyl (C=O) groups is 1. The molecule has 3 rings (SSSR count). The van der Waals surface area contributed by atoms with Gasteiger partial charge in [-0.25, -0.2) is 13.1 Å². The molecule has 2 N–H and O–H groups in total. The number of likely N-dealkylation sites (tertiary alicyclic amines) is 1. The van der Waals surface area contributed by atoms with Gasteiger partial charge in [0.1, 0.15) is 0 Å². The number of hydrogen-bond acceptors (Lipinski definition) is 4. The van der Waals surface area contributed by atoms with Gasteiger partial charge in [0.05, 0.1) is 10.5 Å². The monoisotopic (exact) mass is 429 g/mol. The summed E-state index contributed by atoms with van der Waals surface area (Å²) in [5.74, 6) is -0.252. The van der Waals surface area contributed by atoms with Gasteiger partial charge in [0.25, 0.3) is 5.91 Å². The Morgan fingerprint density at radius 2 is 2.08 bits per heavy atom. The summed E-state index contributed by atoms with van der Waals surface area (Å²) in [6.07, 6.45) is 3.98. The average Bonchev–Trinajstić information content (AvgIpc) is 3.26. The van der Waals surface area contributed by atoms with Gasteiger partial charge in [0, 0.05) is 23.1 Å². The molecule has 2 aliphatic rings. The lowest BCUT2D eigenvalue weighted by Crippen LogP contribution is -2.40. The van der Waals surface area contributed by atoms with E-state index in [1.54, 1.807) is 6.07 Å². The third kappa shape index (κ3) is 4.61. The van der Waals surface area contributed by atoms with Gasteiger partial charge in [-0.2, -0.15) is 0 Å². The summed E-state index contributed by atoms with van der Waals surface area (Å²) in [7, 11) is -3.57. The van der Waals surface area contributed by atoms with Crippen LogP contribution < -0.4 is 10.0 Å². The van der Waals surface area contributed by atoms with Crippen LogP contribution in [0, 0.1) is 0 Å². The number of nitrogens with one attached hydrogen (secondary N) is 2. The number of nitrogens with zero attached hydrogens (tertiary/aromatic N) is 1. The van der Waals surface area contributed by atoms with Crippen molar-refractivity contribution in [3.05, 3.63) is 28.2 Å². The Kier molecular flexibility index (Phi) is 5.82. The van der Waals surface area contributed by atoms with E-state index < -0.39 is 10.0 Å². The predicted molar refractivity (Wildman–Crippen MR) is 100 cm³/mol. The highest BCUT2D eigenvalue weighted by molar-refractivity contribution is 9.10.